The fourth-order valence-electron chi connectivity index (χ4n) is 1.34. The van der Waals surface area contributed by atoms with Gasteiger partial charge in [-0.2, -0.15) is 0 Å². The van der Waals surface area contributed by atoms with E-state index < -0.39 is 0 Å². The van der Waals surface area contributed by atoms with E-state index in [1.807, 2.05) is 19.1 Å². The highest BCUT2D eigenvalue weighted by Gasteiger charge is 2.09. The van der Waals surface area contributed by atoms with Crippen LogP contribution in [0.5, 0.6) is 5.75 Å². The van der Waals surface area contributed by atoms with Crippen molar-refractivity contribution in [2.45, 2.75) is 13.3 Å². The highest BCUT2D eigenvalue weighted by atomic mass is 16.5. The van der Waals surface area contributed by atoms with E-state index in [9.17, 15) is 4.79 Å². The van der Waals surface area contributed by atoms with E-state index in [-0.39, 0.29) is 5.91 Å². The van der Waals surface area contributed by atoms with Crippen LogP contribution in [0.15, 0.2) is 18.2 Å². The van der Waals surface area contributed by atoms with Gasteiger partial charge in [-0.1, -0.05) is 13.0 Å². The molecule has 0 saturated carbocycles. The number of carbonyl (C=O) groups is 1. The Balaban J connectivity index is 3.14. The van der Waals surface area contributed by atoms with Crippen molar-refractivity contribution in [3.63, 3.8) is 0 Å². The summed E-state index contributed by atoms with van der Waals surface area (Å²) in [6, 6.07) is 5.55. The van der Waals surface area contributed by atoms with Gasteiger partial charge in [0.2, 0.25) is 0 Å². The summed E-state index contributed by atoms with van der Waals surface area (Å²) in [6.07, 6.45) is 0.840. The molecule has 0 saturated heterocycles. The van der Waals surface area contributed by atoms with E-state index in [4.69, 9.17) is 4.74 Å². The summed E-state index contributed by atoms with van der Waals surface area (Å²) >= 11 is 0. The van der Waals surface area contributed by atoms with E-state index in [0.717, 1.165) is 12.0 Å². The van der Waals surface area contributed by atoms with Gasteiger partial charge < -0.3 is 10.1 Å². The lowest BCUT2D eigenvalue weighted by Gasteiger charge is -2.08. The second-order valence-electron chi connectivity index (χ2n) is 2.96. The van der Waals surface area contributed by atoms with Gasteiger partial charge in [0, 0.05) is 12.6 Å². The molecule has 1 rings (SSSR count). The maximum atomic E-state index is 11.5. The first kappa shape index (κ1) is 10.6. The predicted molar refractivity (Wildman–Crippen MR) is 55.8 cm³/mol. The van der Waals surface area contributed by atoms with E-state index in [2.05, 4.69) is 5.32 Å². The van der Waals surface area contributed by atoms with Crippen molar-refractivity contribution in [3.8, 4) is 5.75 Å². The number of rotatable bonds is 3. The van der Waals surface area contributed by atoms with Crippen molar-refractivity contribution in [2.75, 3.05) is 14.2 Å². The Bertz CT molecular complexity index is 334. The van der Waals surface area contributed by atoms with Gasteiger partial charge >= 0.3 is 0 Å². The third kappa shape index (κ3) is 2.05. The molecule has 76 valence electrons. The molecule has 3 nitrogen and oxygen atoms in total. The summed E-state index contributed by atoms with van der Waals surface area (Å²) in [5.41, 5.74) is 1.72. The third-order valence-electron chi connectivity index (χ3n) is 2.17. The van der Waals surface area contributed by atoms with Crippen molar-refractivity contribution >= 4 is 5.91 Å². The quantitative estimate of drug-likeness (QED) is 0.792. The molecule has 0 aliphatic heterocycles. The summed E-state index contributed by atoms with van der Waals surface area (Å²) in [7, 11) is 3.22. The summed E-state index contributed by atoms with van der Waals surface area (Å²) in [6.45, 7) is 2.02. The smallest absolute Gasteiger partial charge is 0.251 e. The molecule has 0 fully saturated rings. The van der Waals surface area contributed by atoms with Crippen LogP contribution in [0.1, 0.15) is 22.8 Å². The molecule has 1 amide bonds. The van der Waals surface area contributed by atoms with Gasteiger partial charge in [0.25, 0.3) is 5.91 Å². The van der Waals surface area contributed by atoms with Crippen LogP contribution in [0.2, 0.25) is 0 Å². The van der Waals surface area contributed by atoms with Gasteiger partial charge in [0.15, 0.2) is 0 Å². The van der Waals surface area contributed by atoms with Gasteiger partial charge in [-0.15, -0.1) is 0 Å². The SMILES string of the molecule is CCc1ccc(OC)cc1C(=O)NC. The highest BCUT2D eigenvalue weighted by Crippen LogP contribution is 2.17. The Kier molecular flexibility index (Phi) is 3.51. The molecule has 0 aliphatic rings. The zero-order valence-corrected chi connectivity index (χ0v) is 8.76. The summed E-state index contributed by atoms with van der Waals surface area (Å²) in [5, 5.41) is 2.61. The second-order valence-corrected chi connectivity index (χ2v) is 2.96. The van der Waals surface area contributed by atoms with Crippen LogP contribution in [0.4, 0.5) is 0 Å². The maximum Gasteiger partial charge on any atom is 0.251 e. The van der Waals surface area contributed by atoms with Crippen LogP contribution in [0, 0.1) is 0 Å². The molecular weight excluding hydrogens is 178 g/mol. The van der Waals surface area contributed by atoms with Gasteiger partial charge in [0.1, 0.15) is 5.75 Å². The zero-order valence-electron chi connectivity index (χ0n) is 8.76. The van der Waals surface area contributed by atoms with Crippen molar-refractivity contribution in [1.82, 2.24) is 5.32 Å². The minimum Gasteiger partial charge on any atom is -0.497 e. The maximum absolute atomic E-state index is 11.5. The molecule has 1 aromatic rings. The summed E-state index contributed by atoms with van der Waals surface area (Å²) < 4.78 is 5.07. The van der Waals surface area contributed by atoms with E-state index >= 15 is 0 Å². The Morgan fingerprint density at radius 3 is 2.71 bits per heavy atom. The molecule has 0 aliphatic carbocycles. The molecule has 1 N–H and O–H groups in total. The first-order valence-electron chi connectivity index (χ1n) is 4.62. The molecule has 14 heavy (non-hydrogen) atoms. The summed E-state index contributed by atoms with van der Waals surface area (Å²) in [4.78, 5) is 11.5. The molecule has 0 heterocycles. The van der Waals surface area contributed by atoms with Gasteiger partial charge in [0.05, 0.1) is 7.11 Å². The monoisotopic (exact) mass is 193 g/mol. The molecule has 0 bridgehead atoms. The topological polar surface area (TPSA) is 38.3 Å². The molecule has 0 unspecified atom stereocenters. The molecule has 0 aromatic heterocycles. The molecular formula is C11H15NO2. The first-order chi connectivity index (χ1) is 6.72. The number of benzene rings is 1. The van der Waals surface area contributed by atoms with Crippen LogP contribution in [-0.4, -0.2) is 20.1 Å². The van der Waals surface area contributed by atoms with Crippen LogP contribution in [-0.2, 0) is 6.42 Å². The number of ether oxygens (including phenoxy) is 1. The molecule has 0 spiro atoms. The first-order valence-corrected chi connectivity index (χ1v) is 4.62. The Hall–Kier alpha value is -1.51. The minimum atomic E-state index is -0.0687. The van der Waals surface area contributed by atoms with Crippen LogP contribution < -0.4 is 10.1 Å². The van der Waals surface area contributed by atoms with Crippen molar-refractivity contribution in [3.05, 3.63) is 29.3 Å². The number of nitrogens with one attached hydrogen (secondary N) is 1. The number of hydrogen-bond acceptors (Lipinski definition) is 2. The number of carbonyl (C=O) groups excluding carboxylic acids is 1. The fourth-order valence-corrected chi connectivity index (χ4v) is 1.34. The van der Waals surface area contributed by atoms with E-state index in [1.54, 1.807) is 20.2 Å². The average molecular weight is 193 g/mol. The highest BCUT2D eigenvalue weighted by molar-refractivity contribution is 5.95. The third-order valence-corrected chi connectivity index (χ3v) is 2.17. The number of methoxy groups -OCH3 is 1. The van der Waals surface area contributed by atoms with E-state index in [0.29, 0.717) is 11.3 Å². The van der Waals surface area contributed by atoms with Gasteiger partial charge in [-0.25, -0.2) is 0 Å². The standard InChI is InChI=1S/C11H15NO2/c1-4-8-5-6-9(14-3)7-10(8)11(13)12-2/h5-7H,4H2,1-3H3,(H,12,13). The molecule has 0 atom stereocenters. The molecule has 3 heteroatoms. The van der Waals surface area contributed by atoms with Crippen LogP contribution in [0.3, 0.4) is 0 Å². The summed E-state index contributed by atoms with van der Waals surface area (Å²) in [5.74, 6) is 0.640. The number of amides is 1. The second kappa shape index (κ2) is 4.65. The lowest BCUT2D eigenvalue weighted by molar-refractivity contribution is 0.0962. The number of aryl methyl sites for hydroxylation is 1. The van der Waals surface area contributed by atoms with Crippen molar-refractivity contribution in [2.24, 2.45) is 0 Å². The average Bonchev–Trinajstić information content (AvgIpc) is 2.27. The van der Waals surface area contributed by atoms with Crippen molar-refractivity contribution in [1.29, 1.82) is 0 Å². The largest absolute Gasteiger partial charge is 0.497 e. The Morgan fingerprint density at radius 1 is 1.50 bits per heavy atom. The zero-order chi connectivity index (χ0) is 10.6. The van der Waals surface area contributed by atoms with Gasteiger partial charge in [-0.3, -0.25) is 4.79 Å². The fraction of sp³-hybridized carbons (Fsp3) is 0.364. The Labute approximate surface area is 84.1 Å². The number of hydrogen-bond donors (Lipinski definition) is 1. The van der Waals surface area contributed by atoms with Gasteiger partial charge in [-0.05, 0) is 24.1 Å². The lowest BCUT2D eigenvalue weighted by atomic mass is 10.0. The van der Waals surface area contributed by atoms with Crippen molar-refractivity contribution < 1.29 is 9.53 Å². The van der Waals surface area contributed by atoms with Crippen LogP contribution >= 0.6 is 0 Å². The molecule has 1 aromatic carbocycles. The normalized spacial score (nSPS) is 9.64. The minimum absolute atomic E-state index is 0.0687. The van der Waals surface area contributed by atoms with E-state index in [1.165, 1.54) is 0 Å². The lowest BCUT2D eigenvalue weighted by Crippen LogP contribution is -2.19. The Morgan fingerprint density at radius 2 is 2.21 bits per heavy atom. The predicted octanol–water partition coefficient (Wildman–Crippen LogP) is 1.62. The van der Waals surface area contributed by atoms with Crippen LogP contribution in [0.25, 0.3) is 0 Å². The molecule has 0 radical (unpaired) electrons.